The number of fused-ring (bicyclic) bond motifs is 9. The van der Waals surface area contributed by atoms with Crippen LogP contribution in [0.2, 0.25) is 0 Å². The zero-order chi connectivity index (χ0) is 17.6. The predicted molar refractivity (Wildman–Crippen MR) is 101 cm³/mol. The van der Waals surface area contributed by atoms with Gasteiger partial charge in [-0.2, -0.15) is 0 Å². The normalized spacial score (nSPS) is 24.4. The first-order valence-electron chi connectivity index (χ1n) is 8.96. The molecule has 3 aliphatic rings. The van der Waals surface area contributed by atoms with Crippen molar-refractivity contribution in [2.75, 3.05) is 5.32 Å². The van der Waals surface area contributed by atoms with Crippen LogP contribution < -0.4 is 15.8 Å². The number of hydrogen-bond donors (Lipinski definition) is 4. The maximum atomic E-state index is 10.6. The molecule has 0 fully saturated rings. The Balaban J connectivity index is 1.77. The highest BCUT2D eigenvalue weighted by Crippen LogP contribution is 2.57. The lowest BCUT2D eigenvalue weighted by atomic mass is 9.69. The number of H-pyrrole nitrogens is 1. The van der Waals surface area contributed by atoms with Gasteiger partial charge in [0, 0.05) is 34.7 Å². The molecule has 0 radical (unpaired) electrons. The lowest BCUT2D eigenvalue weighted by Crippen LogP contribution is -2.36. The molecule has 1 aliphatic heterocycles. The number of aromatic amines is 1. The van der Waals surface area contributed by atoms with Crippen molar-refractivity contribution in [1.29, 1.82) is 0 Å². The molecule has 0 saturated carbocycles. The van der Waals surface area contributed by atoms with Crippen molar-refractivity contribution < 1.29 is 10.2 Å². The first kappa shape index (κ1) is 14.1. The van der Waals surface area contributed by atoms with Gasteiger partial charge in [-0.3, -0.25) is 4.98 Å². The molecular weight excluding hydrogens is 324 g/mol. The average molecular weight is 342 g/mol. The monoisotopic (exact) mass is 342 g/mol. The number of anilines is 1. The molecule has 0 saturated heterocycles. The Bertz CT molecular complexity index is 1220. The van der Waals surface area contributed by atoms with E-state index in [-0.39, 0.29) is 29.6 Å². The quantitative estimate of drug-likeness (QED) is 0.507. The fourth-order valence-corrected chi connectivity index (χ4v) is 5.38. The molecule has 3 unspecified atom stereocenters. The molecule has 2 aromatic carbocycles. The van der Waals surface area contributed by atoms with E-state index in [4.69, 9.17) is 0 Å². The molecule has 3 atom stereocenters. The smallest absolute Gasteiger partial charge is 0.199 e. The minimum absolute atomic E-state index is 0.0105. The van der Waals surface area contributed by atoms with Crippen molar-refractivity contribution in [3.63, 3.8) is 0 Å². The van der Waals surface area contributed by atoms with Gasteiger partial charge < -0.3 is 15.5 Å². The van der Waals surface area contributed by atoms with Crippen LogP contribution >= 0.6 is 0 Å². The second-order valence-electron chi connectivity index (χ2n) is 7.47. The summed E-state index contributed by atoms with van der Waals surface area (Å²) in [5.74, 6) is 0.304. The fraction of sp³-hybridized carbons (Fsp3) is 0.182. The van der Waals surface area contributed by atoms with Crippen LogP contribution in [0.25, 0.3) is 11.1 Å². The summed E-state index contributed by atoms with van der Waals surface area (Å²) >= 11 is 0. The zero-order valence-corrected chi connectivity index (χ0v) is 14.2. The highest BCUT2D eigenvalue weighted by molar-refractivity contribution is 5.90. The minimum Gasteiger partial charge on any atom is -0.494 e. The fourth-order valence-electron chi connectivity index (χ4n) is 5.38. The number of para-hydroxylation sites is 1. The highest BCUT2D eigenvalue weighted by Gasteiger charge is 2.50. The van der Waals surface area contributed by atoms with Gasteiger partial charge in [0.15, 0.2) is 11.8 Å². The lowest BCUT2D eigenvalue weighted by molar-refractivity contribution is 0.421. The Labute approximate surface area is 150 Å². The van der Waals surface area contributed by atoms with E-state index in [1.807, 2.05) is 18.2 Å². The third-order valence-corrected chi connectivity index (χ3v) is 6.33. The van der Waals surface area contributed by atoms with E-state index < -0.39 is 0 Å². The van der Waals surface area contributed by atoms with Crippen molar-refractivity contribution in [2.45, 2.75) is 18.9 Å². The third-order valence-electron chi connectivity index (χ3n) is 6.33. The van der Waals surface area contributed by atoms with Gasteiger partial charge in [-0.15, -0.1) is 0 Å². The van der Waals surface area contributed by atoms with Crippen LogP contribution in [-0.2, 0) is 0 Å². The van der Waals surface area contributed by atoms with Gasteiger partial charge in [0.1, 0.15) is 0 Å². The molecule has 4 N–H and O–H groups in total. The number of rotatable bonds is 0. The number of hydrogen-bond acceptors (Lipinski definition) is 3. The van der Waals surface area contributed by atoms with Crippen LogP contribution in [0.5, 0.6) is 11.8 Å². The second kappa shape index (κ2) is 4.52. The number of aromatic hydroxyl groups is 2. The van der Waals surface area contributed by atoms with E-state index in [0.29, 0.717) is 0 Å². The van der Waals surface area contributed by atoms with Gasteiger partial charge >= 0.3 is 0 Å². The number of benzene rings is 2. The summed E-state index contributed by atoms with van der Waals surface area (Å²) in [6, 6.07) is 16.8. The summed E-state index contributed by atoms with van der Waals surface area (Å²) in [5.41, 5.74) is 6.30. The first-order valence-corrected chi connectivity index (χ1v) is 8.96. The van der Waals surface area contributed by atoms with Crippen LogP contribution in [0.3, 0.4) is 0 Å². The molecule has 0 amide bonds. The Morgan fingerprint density at radius 1 is 0.846 bits per heavy atom. The Kier molecular flexibility index (Phi) is 2.45. The van der Waals surface area contributed by atoms with Crippen LogP contribution in [0, 0.1) is 5.92 Å². The second-order valence-corrected chi connectivity index (χ2v) is 7.47. The van der Waals surface area contributed by atoms with Crippen molar-refractivity contribution in [1.82, 2.24) is 4.98 Å². The molecule has 6 rings (SSSR count). The number of aromatic nitrogens is 1. The molecule has 0 bridgehead atoms. The Morgan fingerprint density at radius 3 is 2.42 bits per heavy atom. The highest BCUT2D eigenvalue weighted by atomic mass is 16.3. The number of nitrogens with one attached hydrogen (secondary N) is 2. The first-order chi connectivity index (χ1) is 12.7. The van der Waals surface area contributed by atoms with Crippen LogP contribution in [0.15, 0.2) is 48.5 Å². The van der Waals surface area contributed by atoms with E-state index in [1.165, 1.54) is 16.4 Å². The molecule has 0 spiro atoms. The molecular formula is C22H18N2O2. The molecule has 2 heterocycles. The van der Waals surface area contributed by atoms with Gasteiger partial charge in [0.2, 0.25) is 0 Å². The Hall–Kier alpha value is -3.14. The summed E-state index contributed by atoms with van der Waals surface area (Å²) in [5, 5.41) is 27.3. The molecule has 3 aromatic rings. The predicted octanol–water partition coefficient (Wildman–Crippen LogP) is 2.36. The van der Waals surface area contributed by atoms with E-state index in [9.17, 15) is 10.2 Å². The third kappa shape index (κ3) is 1.47. The molecule has 2 aliphatic carbocycles. The molecule has 1 aromatic heterocycles. The van der Waals surface area contributed by atoms with E-state index in [1.54, 1.807) is 0 Å². The van der Waals surface area contributed by atoms with Gasteiger partial charge in [0.25, 0.3) is 0 Å². The molecule has 4 heteroatoms. The van der Waals surface area contributed by atoms with Crippen LogP contribution in [-0.4, -0.2) is 21.2 Å². The summed E-state index contributed by atoms with van der Waals surface area (Å²) in [6.07, 6.45) is 0. The largest absolute Gasteiger partial charge is 0.494 e. The topological polar surface area (TPSA) is 68.3 Å². The van der Waals surface area contributed by atoms with Gasteiger partial charge in [-0.05, 0) is 34.6 Å². The zero-order valence-electron chi connectivity index (χ0n) is 14.2. The van der Waals surface area contributed by atoms with E-state index in [2.05, 4.69) is 47.6 Å². The molecule has 4 nitrogen and oxygen atoms in total. The van der Waals surface area contributed by atoms with Gasteiger partial charge in [-0.25, -0.2) is 0 Å². The van der Waals surface area contributed by atoms with Crippen molar-refractivity contribution in [3.8, 4) is 11.8 Å². The average Bonchev–Trinajstić information content (AvgIpc) is 3.26. The SMILES string of the molecule is CC1=c2ccccc2=C2c3c(O)[nH]c(O)c3C3c4ccccc4NC3C12. The maximum absolute atomic E-state index is 10.6. The standard InChI is InChI=1S/C22H18N2O2/c1-10-11-6-2-3-7-12(11)16-15(10)20-17(13-8-4-5-9-14(13)23-20)19-18(16)21(25)24-22(19)26/h2-9,15,17,20,23-26H,1H3. The minimum atomic E-state index is 0.0105. The summed E-state index contributed by atoms with van der Waals surface area (Å²) in [6.45, 7) is 2.19. The summed E-state index contributed by atoms with van der Waals surface area (Å²) < 4.78 is 0. The van der Waals surface area contributed by atoms with Crippen molar-refractivity contribution >= 4 is 16.8 Å². The Morgan fingerprint density at radius 2 is 1.58 bits per heavy atom. The van der Waals surface area contributed by atoms with E-state index in [0.717, 1.165) is 27.6 Å². The summed E-state index contributed by atoms with van der Waals surface area (Å²) in [4.78, 5) is 2.77. The molecule has 26 heavy (non-hydrogen) atoms. The van der Waals surface area contributed by atoms with E-state index >= 15 is 0 Å². The van der Waals surface area contributed by atoms with Crippen molar-refractivity contribution in [2.24, 2.45) is 5.92 Å². The summed E-state index contributed by atoms with van der Waals surface area (Å²) in [7, 11) is 0. The van der Waals surface area contributed by atoms with Crippen LogP contribution in [0.4, 0.5) is 5.69 Å². The van der Waals surface area contributed by atoms with Gasteiger partial charge in [0.05, 0.1) is 0 Å². The van der Waals surface area contributed by atoms with Crippen LogP contribution in [0.1, 0.15) is 29.5 Å². The van der Waals surface area contributed by atoms with Crippen molar-refractivity contribution in [3.05, 3.63) is 75.7 Å². The lowest BCUT2D eigenvalue weighted by Gasteiger charge is -2.35. The van der Waals surface area contributed by atoms with Gasteiger partial charge in [-0.1, -0.05) is 48.0 Å². The molecule has 128 valence electrons. The maximum Gasteiger partial charge on any atom is 0.199 e.